The van der Waals surface area contributed by atoms with Gasteiger partial charge in [0.2, 0.25) is 0 Å². The molecule has 0 unspecified atom stereocenters. The Morgan fingerprint density at radius 1 is 0.667 bits per heavy atom. The van der Waals surface area contributed by atoms with Gasteiger partial charge in [0.1, 0.15) is 6.61 Å². The smallest absolute Gasteiger partial charge is 0.339 e. The summed E-state index contributed by atoms with van der Waals surface area (Å²) in [6.07, 6.45) is 0.728. The van der Waals surface area contributed by atoms with Crippen LogP contribution in [0.25, 0.3) is 33.0 Å². The number of hydrogen-bond acceptors (Lipinski definition) is 2. The standard InChI is InChI=1S/C31H22O2/c32-31(33-20-21-11-3-1-4-12-21)30-26-18-10-9-17-25(26)28(22-13-5-2-6-14-22)29-24-16-8-7-15-23(24)19-27(29)30/h1-18H,19-20H2. The number of benzene rings is 5. The van der Waals surface area contributed by atoms with Gasteiger partial charge in [0.05, 0.1) is 5.56 Å². The minimum atomic E-state index is -0.265. The van der Waals surface area contributed by atoms with Gasteiger partial charge in [-0.25, -0.2) is 4.79 Å². The van der Waals surface area contributed by atoms with Crippen LogP contribution in [0.2, 0.25) is 0 Å². The lowest BCUT2D eigenvalue weighted by molar-refractivity contribution is 0.0474. The van der Waals surface area contributed by atoms with Crippen molar-refractivity contribution < 1.29 is 9.53 Å². The molecule has 0 heterocycles. The molecule has 2 heteroatoms. The predicted octanol–water partition coefficient (Wildman–Crippen LogP) is 7.44. The van der Waals surface area contributed by atoms with E-state index in [-0.39, 0.29) is 12.6 Å². The maximum absolute atomic E-state index is 13.6. The molecule has 0 saturated heterocycles. The van der Waals surface area contributed by atoms with Gasteiger partial charge in [-0.2, -0.15) is 0 Å². The molecule has 0 saturated carbocycles. The fourth-order valence-corrected chi connectivity index (χ4v) is 5.01. The minimum Gasteiger partial charge on any atom is -0.457 e. The van der Waals surface area contributed by atoms with E-state index in [0.717, 1.165) is 39.4 Å². The molecule has 0 bridgehead atoms. The van der Waals surface area contributed by atoms with Crippen molar-refractivity contribution in [1.29, 1.82) is 0 Å². The molecule has 6 rings (SSSR count). The highest BCUT2D eigenvalue weighted by atomic mass is 16.5. The number of rotatable bonds is 4. The first-order valence-corrected chi connectivity index (χ1v) is 11.2. The molecule has 0 radical (unpaired) electrons. The number of carbonyl (C=O) groups is 1. The first kappa shape index (κ1) is 19.5. The Morgan fingerprint density at radius 3 is 2.09 bits per heavy atom. The predicted molar refractivity (Wildman–Crippen MR) is 133 cm³/mol. The normalized spacial score (nSPS) is 11.8. The molecule has 5 aromatic rings. The van der Waals surface area contributed by atoms with Crippen molar-refractivity contribution >= 4 is 16.7 Å². The highest BCUT2D eigenvalue weighted by Crippen LogP contribution is 2.48. The van der Waals surface area contributed by atoms with Crippen molar-refractivity contribution in [2.24, 2.45) is 0 Å². The fraction of sp³-hybridized carbons (Fsp3) is 0.0645. The first-order chi connectivity index (χ1) is 16.3. The zero-order valence-corrected chi connectivity index (χ0v) is 18.1. The van der Waals surface area contributed by atoms with Crippen molar-refractivity contribution in [1.82, 2.24) is 0 Å². The van der Waals surface area contributed by atoms with Crippen LogP contribution in [0, 0.1) is 0 Å². The summed E-state index contributed by atoms with van der Waals surface area (Å²) in [5.74, 6) is -0.265. The SMILES string of the molecule is O=C(OCc1ccccc1)c1c2c(c(-c3ccccc3)c3ccccc13)-c1ccccc1C2. The van der Waals surface area contributed by atoms with E-state index in [4.69, 9.17) is 4.74 Å². The van der Waals surface area contributed by atoms with E-state index in [9.17, 15) is 4.79 Å². The third kappa shape index (κ3) is 3.32. The molecular formula is C31H22O2. The summed E-state index contributed by atoms with van der Waals surface area (Å²) in [7, 11) is 0. The lowest BCUT2D eigenvalue weighted by atomic mass is 9.86. The molecule has 0 fully saturated rings. The Kier molecular flexibility index (Phi) is 4.77. The summed E-state index contributed by atoms with van der Waals surface area (Å²) < 4.78 is 5.85. The van der Waals surface area contributed by atoms with E-state index in [0.29, 0.717) is 5.56 Å². The Morgan fingerprint density at radius 2 is 1.30 bits per heavy atom. The quantitative estimate of drug-likeness (QED) is 0.274. The molecule has 158 valence electrons. The number of hydrogen-bond donors (Lipinski definition) is 0. The van der Waals surface area contributed by atoms with Crippen LogP contribution in [-0.2, 0) is 17.8 Å². The molecule has 2 nitrogen and oxygen atoms in total. The lowest BCUT2D eigenvalue weighted by Crippen LogP contribution is -2.10. The highest BCUT2D eigenvalue weighted by Gasteiger charge is 2.30. The summed E-state index contributed by atoms with van der Waals surface area (Å²) in [5.41, 5.74) is 8.68. The van der Waals surface area contributed by atoms with Crippen LogP contribution < -0.4 is 0 Å². The maximum atomic E-state index is 13.6. The molecule has 5 aromatic carbocycles. The second-order valence-electron chi connectivity index (χ2n) is 8.41. The van der Waals surface area contributed by atoms with Crippen LogP contribution in [0.15, 0.2) is 109 Å². The molecule has 0 aromatic heterocycles. The van der Waals surface area contributed by atoms with E-state index < -0.39 is 0 Å². The van der Waals surface area contributed by atoms with Crippen molar-refractivity contribution in [3.8, 4) is 22.3 Å². The number of carbonyl (C=O) groups excluding carboxylic acids is 1. The highest BCUT2D eigenvalue weighted by molar-refractivity contribution is 6.16. The fourth-order valence-electron chi connectivity index (χ4n) is 5.01. The summed E-state index contributed by atoms with van der Waals surface area (Å²) in [6.45, 7) is 0.260. The van der Waals surface area contributed by atoms with Crippen LogP contribution in [0.4, 0.5) is 0 Å². The van der Waals surface area contributed by atoms with Gasteiger partial charge < -0.3 is 4.74 Å². The summed E-state index contributed by atoms with van der Waals surface area (Å²) in [5, 5.41) is 2.02. The zero-order chi connectivity index (χ0) is 22.2. The van der Waals surface area contributed by atoms with E-state index in [1.165, 1.54) is 16.7 Å². The van der Waals surface area contributed by atoms with Crippen LogP contribution in [0.3, 0.4) is 0 Å². The van der Waals surface area contributed by atoms with Crippen LogP contribution in [0.5, 0.6) is 0 Å². The van der Waals surface area contributed by atoms with Gasteiger partial charge in [-0.3, -0.25) is 0 Å². The third-order valence-electron chi connectivity index (χ3n) is 6.45. The van der Waals surface area contributed by atoms with Gasteiger partial charge in [0.15, 0.2) is 0 Å². The number of esters is 1. The lowest BCUT2D eigenvalue weighted by Gasteiger charge is -2.18. The second kappa shape index (κ2) is 8.07. The van der Waals surface area contributed by atoms with E-state index in [1.807, 2.05) is 54.6 Å². The maximum Gasteiger partial charge on any atom is 0.339 e. The summed E-state index contributed by atoms with van der Waals surface area (Å²) in [6, 6.07) is 37.0. The zero-order valence-electron chi connectivity index (χ0n) is 18.1. The molecule has 0 atom stereocenters. The molecule has 1 aliphatic rings. The Labute approximate surface area is 193 Å². The van der Waals surface area contributed by atoms with Gasteiger partial charge in [0, 0.05) is 0 Å². The molecule has 0 N–H and O–H groups in total. The number of ether oxygens (including phenoxy) is 1. The average molecular weight is 427 g/mol. The Bertz CT molecular complexity index is 1480. The molecule has 33 heavy (non-hydrogen) atoms. The topological polar surface area (TPSA) is 26.3 Å². The number of fused-ring (bicyclic) bond motifs is 4. The van der Waals surface area contributed by atoms with Crippen LogP contribution >= 0.6 is 0 Å². The summed E-state index contributed by atoms with van der Waals surface area (Å²) in [4.78, 5) is 13.6. The molecule has 0 spiro atoms. The van der Waals surface area contributed by atoms with Gasteiger partial charge in [0.25, 0.3) is 0 Å². The van der Waals surface area contributed by atoms with Crippen LogP contribution in [-0.4, -0.2) is 5.97 Å². The van der Waals surface area contributed by atoms with Crippen molar-refractivity contribution in [3.63, 3.8) is 0 Å². The Balaban J connectivity index is 1.59. The van der Waals surface area contributed by atoms with E-state index in [2.05, 4.69) is 54.6 Å². The van der Waals surface area contributed by atoms with Crippen LogP contribution in [0.1, 0.15) is 27.0 Å². The van der Waals surface area contributed by atoms with Gasteiger partial charge in [-0.1, -0.05) is 109 Å². The molecule has 0 amide bonds. The van der Waals surface area contributed by atoms with Crippen molar-refractivity contribution in [3.05, 3.63) is 131 Å². The van der Waals surface area contributed by atoms with E-state index in [1.54, 1.807) is 0 Å². The largest absolute Gasteiger partial charge is 0.457 e. The second-order valence-corrected chi connectivity index (χ2v) is 8.41. The van der Waals surface area contributed by atoms with Crippen molar-refractivity contribution in [2.75, 3.05) is 0 Å². The first-order valence-electron chi connectivity index (χ1n) is 11.2. The third-order valence-corrected chi connectivity index (χ3v) is 6.45. The van der Waals surface area contributed by atoms with Gasteiger partial charge in [-0.05, 0) is 56.1 Å². The van der Waals surface area contributed by atoms with E-state index >= 15 is 0 Å². The minimum absolute atomic E-state index is 0.260. The average Bonchev–Trinajstić information content (AvgIpc) is 3.25. The van der Waals surface area contributed by atoms with Gasteiger partial charge in [-0.15, -0.1) is 0 Å². The summed E-state index contributed by atoms with van der Waals surface area (Å²) >= 11 is 0. The van der Waals surface area contributed by atoms with Gasteiger partial charge >= 0.3 is 5.97 Å². The molecule has 1 aliphatic carbocycles. The Hall–Kier alpha value is -4.17. The molecule has 0 aliphatic heterocycles. The molecular weight excluding hydrogens is 404 g/mol. The van der Waals surface area contributed by atoms with Crippen molar-refractivity contribution in [2.45, 2.75) is 13.0 Å². The monoisotopic (exact) mass is 426 g/mol.